The van der Waals surface area contributed by atoms with Crippen LogP contribution in [-0.2, 0) is 26.2 Å². The normalized spacial score (nSPS) is 12.2. The third kappa shape index (κ3) is 7.63. The molecule has 0 radical (unpaired) electrons. The van der Waals surface area contributed by atoms with Crippen LogP contribution in [0, 0.1) is 5.92 Å². The largest absolute Gasteiger partial charge is 0.495 e. The average Bonchev–Trinajstić information content (AvgIpc) is 2.79. The highest BCUT2D eigenvalue weighted by molar-refractivity contribution is 7.92. The number of anilines is 1. The van der Waals surface area contributed by atoms with E-state index in [2.05, 4.69) is 5.32 Å². The van der Waals surface area contributed by atoms with E-state index >= 15 is 0 Å². The summed E-state index contributed by atoms with van der Waals surface area (Å²) in [5.41, 5.74) is 0.994. The SMILES string of the molecule is COc1ccccc1N(CC(=O)N(Cc1ccc(Cl)cc1)C(C)C(=O)NCC(C)C)S(C)(=O)=O. The highest BCUT2D eigenvalue weighted by Gasteiger charge is 2.31. The molecule has 0 saturated carbocycles. The molecule has 0 aliphatic heterocycles. The van der Waals surface area contributed by atoms with Crippen LogP contribution in [0.15, 0.2) is 48.5 Å². The topological polar surface area (TPSA) is 96.0 Å². The van der Waals surface area contributed by atoms with Gasteiger partial charge in [-0.15, -0.1) is 0 Å². The van der Waals surface area contributed by atoms with Crippen molar-refractivity contribution in [1.29, 1.82) is 0 Å². The maximum atomic E-state index is 13.5. The van der Waals surface area contributed by atoms with Crippen molar-refractivity contribution in [1.82, 2.24) is 10.2 Å². The van der Waals surface area contributed by atoms with E-state index in [1.807, 2.05) is 13.8 Å². The molecule has 1 N–H and O–H groups in total. The van der Waals surface area contributed by atoms with Crippen LogP contribution >= 0.6 is 11.6 Å². The molecule has 0 fully saturated rings. The number of carbonyl (C=O) groups excluding carboxylic acids is 2. The van der Waals surface area contributed by atoms with Crippen molar-refractivity contribution in [3.05, 3.63) is 59.1 Å². The lowest BCUT2D eigenvalue weighted by molar-refractivity contribution is -0.139. The third-order valence-electron chi connectivity index (χ3n) is 5.15. The van der Waals surface area contributed by atoms with Gasteiger partial charge in [0, 0.05) is 18.1 Å². The van der Waals surface area contributed by atoms with Crippen LogP contribution < -0.4 is 14.4 Å². The summed E-state index contributed by atoms with van der Waals surface area (Å²) in [7, 11) is -2.41. The number of nitrogens with one attached hydrogen (secondary N) is 1. The number of rotatable bonds is 11. The fourth-order valence-electron chi connectivity index (χ4n) is 3.25. The summed E-state index contributed by atoms with van der Waals surface area (Å²) in [6, 6.07) is 12.6. The van der Waals surface area contributed by atoms with Crippen molar-refractivity contribution in [2.75, 3.05) is 30.8 Å². The van der Waals surface area contributed by atoms with Gasteiger partial charge in [0.25, 0.3) is 0 Å². The second-order valence-electron chi connectivity index (χ2n) is 8.40. The molecule has 8 nitrogen and oxygen atoms in total. The molecular weight excluding hydrogens is 478 g/mol. The molecule has 2 aromatic rings. The Morgan fingerprint density at radius 3 is 2.24 bits per heavy atom. The molecule has 0 saturated heterocycles. The number of nitrogens with zero attached hydrogens (tertiary/aromatic N) is 2. The molecule has 0 bridgehead atoms. The molecule has 0 aliphatic carbocycles. The zero-order chi connectivity index (χ0) is 25.5. The molecule has 2 aromatic carbocycles. The monoisotopic (exact) mass is 509 g/mol. The number of halogens is 1. The van der Waals surface area contributed by atoms with E-state index in [0.29, 0.717) is 17.3 Å². The van der Waals surface area contributed by atoms with Crippen LogP contribution in [0.4, 0.5) is 5.69 Å². The molecule has 186 valence electrons. The summed E-state index contributed by atoms with van der Waals surface area (Å²) in [6.07, 6.45) is 1.02. The van der Waals surface area contributed by atoms with Gasteiger partial charge in [-0.3, -0.25) is 13.9 Å². The first-order chi connectivity index (χ1) is 15.9. The highest BCUT2D eigenvalue weighted by atomic mass is 35.5. The predicted octanol–water partition coefficient (Wildman–Crippen LogP) is 3.30. The molecule has 0 aromatic heterocycles. The molecule has 2 amide bonds. The van der Waals surface area contributed by atoms with Crippen molar-refractivity contribution in [3.8, 4) is 5.75 Å². The quantitative estimate of drug-likeness (QED) is 0.501. The Morgan fingerprint density at radius 1 is 1.06 bits per heavy atom. The maximum absolute atomic E-state index is 13.5. The van der Waals surface area contributed by atoms with Crippen molar-refractivity contribution in [2.45, 2.75) is 33.4 Å². The Labute approximate surface area is 206 Å². The van der Waals surface area contributed by atoms with Gasteiger partial charge in [-0.05, 0) is 42.7 Å². The van der Waals surface area contributed by atoms with E-state index in [1.54, 1.807) is 55.5 Å². The van der Waals surface area contributed by atoms with Gasteiger partial charge in [-0.25, -0.2) is 8.42 Å². The fraction of sp³-hybridized carbons (Fsp3) is 0.417. The van der Waals surface area contributed by atoms with E-state index in [0.717, 1.165) is 16.1 Å². The average molecular weight is 510 g/mol. The van der Waals surface area contributed by atoms with Crippen LogP contribution in [0.2, 0.25) is 5.02 Å². The first-order valence-electron chi connectivity index (χ1n) is 10.9. The third-order valence-corrected chi connectivity index (χ3v) is 6.53. The number of para-hydroxylation sites is 2. The molecule has 1 unspecified atom stereocenters. The number of amides is 2. The van der Waals surface area contributed by atoms with Crippen molar-refractivity contribution in [3.63, 3.8) is 0 Å². The molecule has 0 heterocycles. The smallest absolute Gasteiger partial charge is 0.244 e. The molecule has 10 heteroatoms. The molecule has 0 spiro atoms. The molecule has 2 rings (SSSR count). The van der Waals surface area contributed by atoms with E-state index in [9.17, 15) is 18.0 Å². The van der Waals surface area contributed by atoms with Crippen LogP contribution in [-0.4, -0.2) is 57.6 Å². The summed E-state index contributed by atoms with van der Waals surface area (Å²) in [4.78, 5) is 27.7. The minimum absolute atomic E-state index is 0.107. The summed E-state index contributed by atoms with van der Waals surface area (Å²) < 4.78 is 31.6. The zero-order valence-electron chi connectivity index (χ0n) is 20.1. The van der Waals surface area contributed by atoms with Gasteiger partial charge in [-0.1, -0.05) is 49.7 Å². The number of hydrogen-bond donors (Lipinski definition) is 1. The Balaban J connectivity index is 2.39. The number of ether oxygens (including phenoxy) is 1. The number of sulfonamides is 1. The van der Waals surface area contributed by atoms with Crippen molar-refractivity contribution < 1.29 is 22.7 Å². The number of carbonyl (C=O) groups is 2. The van der Waals surface area contributed by atoms with Crippen LogP contribution in [0.3, 0.4) is 0 Å². The lowest BCUT2D eigenvalue weighted by Crippen LogP contribution is -2.51. The van der Waals surface area contributed by atoms with Gasteiger partial charge in [0.05, 0.1) is 19.1 Å². The summed E-state index contributed by atoms with van der Waals surface area (Å²) in [6.45, 7) is 5.64. The van der Waals surface area contributed by atoms with Gasteiger partial charge in [-0.2, -0.15) is 0 Å². The van der Waals surface area contributed by atoms with E-state index in [1.165, 1.54) is 12.0 Å². The summed E-state index contributed by atoms with van der Waals surface area (Å²) in [5.74, 6) is -0.298. The van der Waals surface area contributed by atoms with Crippen LogP contribution in [0.1, 0.15) is 26.3 Å². The van der Waals surface area contributed by atoms with Gasteiger partial charge in [0.1, 0.15) is 18.3 Å². The van der Waals surface area contributed by atoms with Gasteiger partial charge in [0.2, 0.25) is 21.8 Å². The Kier molecular flexibility index (Phi) is 9.76. The second-order valence-corrected chi connectivity index (χ2v) is 10.7. The van der Waals surface area contributed by atoms with Crippen molar-refractivity contribution in [2.24, 2.45) is 5.92 Å². The van der Waals surface area contributed by atoms with E-state index in [4.69, 9.17) is 16.3 Å². The molecule has 1 atom stereocenters. The summed E-state index contributed by atoms with van der Waals surface area (Å²) >= 11 is 5.98. The van der Waals surface area contributed by atoms with Crippen molar-refractivity contribution >= 4 is 39.1 Å². The first kappa shape index (κ1) is 27.5. The van der Waals surface area contributed by atoms with Crippen LogP contribution in [0.25, 0.3) is 0 Å². The zero-order valence-corrected chi connectivity index (χ0v) is 21.7. The number of methoxy groups -OCH3 is 1. The molecule has 0 aliphatic rings. The Bertz CT molecular complexity index is 1090. The van der Waals surface area contributed by atoms with Crippen LogP contribution in [0.5, 0.6) is 5.75 Å². The Hall–Kier alpha value is -2.78. The summed E-state index contributed by atoms with van der Waals surface area (Å²) in [5, 5.41) is 3.38. The highest BCUT2D eigenvalue weighted by Crippen LogP contribution is 2.29. The fourth-order valence-corrected chi connectivity index (χ4v) is 4.23. The van der Waals surface area contributed by atoms with Gasteiger partial charge >= 0.3 is 0 Å². The maximum Gasteiger partial charge on any atom is 0.244 e. The Morgan fingerprint density at radius 2 is 1.68 bits per heavy atom. The van der Waals surface area contributed by atoms with Gasteiger partial charge < -0.3 is 15.0 Å². The first-order valence-corrected chi connectivity index (χ1v) is 13.1. The number of benzene rings is 2. The minimum atomic E-state index is -3.84. The lowest BCUT2D eigenvalue weighted by Gasteiger charge is -2.32. The van der Waals surface area contributed by atoms with Gasteiger partial charge in [0.15, 0.2) is 0 Å². The predicted molar refractivity (Wildman–Crippen MR) is 134 cm³/mol. The van der Waals surface area contributed by atoms with E-state index < -0.39 is 28.5 Å². The second kappa shape index (κ2) is 12.1. The molecule has 34 heavy (non-hydrogen) atoms. The lowest BCUT2D eigenvalue weighted by atomic mass is 10.1. The standard InChI is InChI=1S/C24H32ClN3O5S/c1-17(2)14-26-24(30)18(3)27(15-19-10-12-20(25)13-11-19)23(29)16-28(34(5,31)32)21-8-6-7-9-22(21)33-4/h6-13,17-18H,14-16H2,1-5H3,(H,26,30). The van der Waals surface area contributed by atoms with E-state index in [-0.39, 0.29) is 24.1 Å². The minimum Gasteiger partial charge on any atom is -0.495 e. The number of hydrogen-bond acceptors (Lipinski definition) is 5. The molecular formula is C24H32ClN3O5S.